The van der Waals surface area contributed by atoms with Gasteiger partial charge in [-0.1, -0.05) is 28.4 Å². The largest absolute Gasteiger partial charge is 0.315 e. The fraction of sp³-hybridized carbons (Fsp3) is 0.300. The van der Waals surface area contributed by atoms with E-state index in [4.69, 9.17) is 11.1 Å². The lowest BCUT2D eigenvalue weighted by atomic mass is 10.2. The summed E-state index contributed by atoms with van der Waals surface area (Å²) in [4.78, 5) is 18.5. The molecule has 0 aromatic heterocycles. The van der Waals surface area contributed by atoms with E-state index in [-0.39, 0.29) is 6.54 Å². The van der Waals surface area contributed by atoms with Crippen molar-refractivity contribution in [3.8, 4) is 0 Å². The van der Waals surface area contributed by atoms with Crippen molar-refractivity contribution in [2.75, 3.05) is 18.5 Å². The summed E-state index contributed by atoms with van der Waals surface area (Å²) in [5.74, 6) is -0.425. The monoisotopic (exact) mass is 245 g/mol. The van der Waals surface area contributed by atoms with Crippen molar-refractivity contribution >= 4 is 11.6 Å². The van der Waals surface area contributed by atoms with Crippen LogP contribution in [-0.2, 0) is 4.79 Å². The van der Waals surface area contributed by atoms with Crippen LogP contribution in [-0.4, -0.2) is 25.5 Å². The third-order valence-corrected chi connectivity index (χ3v) is 2.27. The Morgan fingerprint density at radius 1 is 1.33 bits per heavy atom. The zero-order valence-corrected chi connectivity index (χ0v) is 9.71. The number of nitrogens with zero attached hydrogens (tertiary/aromatic N) is 7. The van der Waals surface area contributed by atoms with E-state index in [2.05, 4.69) is 20.1 Å². The standard InChI is InChI=1S/C10H11N7O/c1-17(8-5-3-2-4-6-8)10(18)9(14-16-12)7-13-15-11/h2-6,9H,7H2,1H3. The Morgan fingerprint density at radius 3 is 2.56 bits per heavy atom. The lowest BCUT2D eigenvalue weighted by Crippen LogP contribution is -2.36. The van der Waals surface area contributed by atoms with Gasteiger partial charge in [0.25, 0.3) is 0 Å². The normalized spacial score (nSPS) is 10.7. The Morgan fingerprint density at radius 2 is 2.00 bits per heavy atom. The van der Waals surface area contributed by atoms with E-state index in [9.17, 15) is 4.79 Å². The number of azide groups is 2. The first-order chi connectivity index (χ1) is 8.70. The fourth-order valence-electron chi connectivity index (χ4n) is 1.34. The molecule has 8 heteroatoms. The van der Waals surface area contributed by atoms with Gasteiger partial charge in [-0.2, -0.15) is 0 Å². The van der Waals surface area contributed by atoms with Gasteiger partial charge in [0.2, 0.25) is 5.91 Å². The summed E-state index contributed by atoms with van der Waals surface area (Å²) in [5.41, 5.74) is 17.3. The number of likely N-dealkylation sites (N-methyl/N-ethyl adjacent to an activating group) is 1. The van der Waals surface area contributed by atoms with Gasteiger partial charge in [0.15, 0.2) is 0 Å². The predicted molar refractivity (Wildman–Crippen MR) is 66.8 cm³/mol. The third-order valence-electron chi connectivity index (χ3n) is 2.27. The number of carbonyl (C=O) groups excluding carboxylic acids is 1. The van der Waals surface area contributed by atoms with Crippen LogP contribution in [0.15, 0.2) is 40.6 Å². The maximum Gasteiger partial charge on any atom is 0.235 e. The molecule has 1 rings (SSSR count). The third kappa shape index (κ3) is 3.41. The molecule has 0 aliphatic carbocycles. The van der Waals surface area contributed by atoms with Gasteiger partial charge in [-0.05, 0) is 23.2 Å². The van der Waals surface area contributed by atoms with Crippen LogP contribution in [0.5, 0.6) is 0 Å². The van der Waals surface area contributed by atoms with Crippen molar-refractivity contribution in [1.29, 1.82) is 0 Å². The maximum absolute atomic E-state index is 12.0. The highest BCUT2D eigenvalue weighted by Gasteiger charge is 2.20. The van der Waals surface area contributed by atoms with E-state index in [1.54, 1.807) is 31.3 Å². The number of carbonyl (C=O) groups is 1. The summed E-state index contributed by atoms with van der Waals surface area (Å²) < 4.78 is 0. The molecule has 1 amide bonds. The molecule has 1 aromatic carbocycles. The van der Waals surface area contributed by atoms with Gasteiger partial charge >= 0.3 is 0 Å². The highest BCUT2D eigenvalue weighted by atomic mass is 16.2. The maximum atomic E-state index is 12.0. The number of amides is 1. The fourth-order valence-corrected chi connectivity index (χ4v) is 1.34. The van der Waals surface area contributed by atoms with Gasteiger partial charge in [-0.25, -0.2) is 0 Å². The van der Waals surface area contributed by atoms with E-state index < -0.39 is 11.9 Å². The zero-order chi connectivity index (χ0) is 13.4. The summed E-state index contributed by atoms with van der Waals surface area (Å²) in [5, 5.41) is 6.59. The quantitative estimate of drug-likeness (QED) is 0.442. The summed E-state index contributed by atoms with van der Waals surface area (Å²) in [6.45, 7) is -0.198. The Bertz CT molecular complexity index is 502. The van der Waals surface area contributed by atoms with Crippen LogP contribution < -0.4 is 4.90 Å². The molecule has 92 valence electrons. The second-order valence-corrected chi connectivity index (χ2v) is 3.37. The zero-order valence-electron chi connectivity index (χ0n) is 9.71. The van der Waals surface area contributed by atoms with E-state index in [0.29, 0.717) is 5.69 Å². The topological polar surface area (TPSA) is 118 Å². The average Bonchev–Trinajstić information content (AvgIpc) is 2.43. The van der Waals surface area contributed by atoms with Crippen molar-refractivity contribution in [2.45, 2.75) is 6.04 Å². The van der Waals surface area contributed by atoms with Gasteiger partial charge in [-0.3, -0.25) is 4.79 Å². The molecule has 0 bridgehead atoms. The van der Waals surface area contributed by atoms with Crippen molar-refractivity contribution < 1.29 is 4.79 Å². The number of para-hydroxylation sites is 1. The first-order valence-electron chi connectivity index (χ1n) is 5.08. The summed E-state index contributed by atoms with van der Waals surface area (Å²) >= 11 is 0. The number of hydrogen-bond donors (Lipinski definition) is 0. The number of hydrogen-bond acceptors (Lipinski definition) is 3. The molecule has 1 aromatic rings. The van der Waals surface area contributed by atoms with Gasteiger partial charge in [-0.15, -0.1) is 0 Å². The summed E-state index contributed by atoms with van der Waals surface area (Å²) in [6.07, 6.45) is 0. The van der Waals surface area contributed by atoms with E-state index in [0.717, 1.165) is 0 Å². The molecule has 1 unspecified atom stereocenters. The van der Waals surface area contributed by atoms with Gasteiger partial charge < -0.3 is 4.90 Å². The van der Waals surface area contributed by atoms with Crippen LogP contribution in [0.1, 0.15) is 0 Å². The molecular weight excluding hydrogens is 234 g/mol. The molecule has 0 aliphatic heterocycles. The molecule has 0 spiro atoms. The molecule has 0 heterocycles. The lowest BCUT2D eigenvalue weighted by molar-refractivity contribution is -0.119. The van der Waals surface area contributed by atoms with Crippen LogP contribution in [0.25, 0.3) is 20.9 Å². The molecule has 0 N–H and O–H groups in total. The van der Waals surface area contributed by atoms with Crippen molar-refractivity contribution in [3.05, 3.63) is 51.2 Å². The summed E-state index contributed by atoms with van der Waals surface area (Å²) in [7, 11) is 1.56. The molecule has 0 aliphatic rings. The molecule has 0 saturated heterocycles. The van der Waals surface area contributed by atoms with Gasteiger partial charge in [0, 0.05) is 29.1 Å². The molecule has 8 nitrogen and oxygen atoms in total. The van der Waals surface area contributed by atoms with Crippen molar-refractivity contribution in [1.82, 2.24) is 0 Å². The molecule has 0 saturated carbocycles. The van der Waals surface area contributed by atoms with Gasteiger partial charge in [0.05, 0.1) is 0 Å². The first kappa shape index (κ1) is 13.4. The number of anilines is 1. The van der Waals surface area contributed by atoms with E-state index in [1.807, 2.05) is 6.07 Å². The molecule has 0 fully saturated rings. The Kier molecular flexibility index (Phi) is 5.05. The van der Waals surface area contributed by atoms with Crippen LogP contribution >= 0.6 is 0 Å². The van der Waals surface area contributed by atoms with Crippen LogP contribution in [0.2, 0.25) is 0 Å². The first-order valence-corrected chi connectivity index (χ1v) is 5.08. The smallest absolute Gasteiger partial charge is 0.235 e. The minimum Gasteiger partial charge on any atom is -0.315 e. The lowest BCUT2D eigenvalue weighted by Gasteiger charge is -2.20. The molecule has 18 heavy (non-hydrogen) atoms. The predicted octanol–water partition coefficient (Wildman–Crippen LogP) is 2.64. The van der Waals surface area contributed by atoms with E-state index in [1.165, 1.54) is 4.90 Å². The minimum atomic E-state index is -1.03. The Hall–Kier alpha value is -2.69. The second kappa shape index (κ2) is 6.80. The average molecular weight is 245 g/mol. The molecule has 0 radical (unpaired) electrons. The Labute approximate surface area is 103 Å². The molecular formula is C10H11N7O. The van der Waals surface area contributed by atoms with Gasteiger partial charge in [0.1, 0.15) is 6.04 Å². The van der Waals surface area contributed by atoms with E-state index >= 15 is 0 Å². The minimum absolute atomic E-state index is 0.198. The van der Waals surface area contributed by atoms with Crippen LogP contribution in [0, 0.1) is 0 Å². The SMILES string of the molecule is CN(C(=O)C(CN=[N+]=[N-])N=[N+]=[N-])c1ccccc1. The molecule has 1 atom stereocenters. The number of benzene rings is 1. The van der Waals surface area contributed by atoms with Crippen molar-refractivity contribution in [3.63, 3.8) is 0 Å². The Balaban J connectivity index is 2.89. The summed E-state index contributed by atoms with van der Waals surface area (Å²) in [6, 6.07) is 7.87. The second-order valence-electron chi connectivity index (χ2n) is 3.37. The van der Waals surface area contributed by atoms with Crippen LogP contribution in [0.3, 0.4) is 0 Å². The van der Waals surface area contributed by atoms with Crippen LogP contribution in [0.4, 0.5) is 5.69 Å². The highest BCUT2D eigenvalue weighted by Crippen LogP contribution is 2.13. The highest BCUT2D eigenvalue weighted by molar-refractivity contribution is 5.96. The number of rotatable bonds is 5. The van der Waals surface area contributed by atoms with Crippen molar-refractivity contribution in [2.24, 2.45) is 10.2 Å².